The lowest BCUT2D eigenvalue weighted by Gasteiger charge is -2.09. The molecule has 1 N–H and O–H groups in total. The maximum Gasteiger partial charge on any atom is 0.126 e. The molecule has 0 aliphatic carbocycles. The van der Waals surface area contributed by atoms with Gasteiger partial charge in [0, 0.05) is 10.0 Å². The second kappa shape index (κ2) is 4.75. The van der Waals surface area contributed by atoms with Gasteiger partial charge in [0.05, 0.1) is 7.11 Å². The molecule has 0 saturated heterocycles. The number of aromatic hydroxyl groups is 1. The van der Waals surface area contributed by atoms with Crippen LogP contribution in [0.4, 0.5) is 4.39 Å². The predicted octanol–water partition coefficient (Wildman–Crippen LogP) is 3.97. The summed E-state index contributed by atoms with van der Waals surface area (Å²) in [5.41, 5.74) is 1.29. The van der Waals surface area contributed by atoms with Crippen molar-refractivity contribution in [1.29, 1.82) is 0 Å². The van der Waals surface area contributed by atoms with E-state index in [1.54, 1.807) is 24.3 Å². The summed E-state index contributed by atoms with van der Waals surface area (Å²) in [5.74, 6) is 0.324. The molecule has 0 aromatic heterocycles. The van der Waals surface area contributed by atoms with E-state index in [0.717, 1.165) is 4.47 Å². The van der Waals surface area contributed by atoms with Gasteiger partial charge in [0.2, 0.25) is 0 Å². The normalized spacial score (nSPS) is 10.3. The minimum Gasteiger partial charge on any atom is -0.508 e. The maximum atomic E-state index is 13.2. The van der Waals surface area contributed by atoms with Crippen LogP contribution in [0.3, 0.4) is 0 Å². The summed E-state index contributed by atoms with van der Waals surface area (Å²) in [4.78, 5) is 0. The molecule has 0 radical (unpaired) electrons. The minimum atomic E-state index is -0.347. The Kier molecular flexibility index (Phi) is 3.33. The SMILES string of the molecule is COc1ccc(F)cc1-c1cc(O)cc(Br)c1. The van der Waals surface area contributed by atoms with Crippen molar-refractivity contribution < 1.29 is 14.2 Å². The van der Waals surface area contributed by atoms with Gasteiger partial charge in [0.1, 0.15) is 17.3 Å². The molecule has 0 aliphatic heterocycles. The van der Waals surface area contributed by atoms with E-state index >= 15 is 0 Å². The monoisotopic (exact) mass is 296 g/mol. The number of rotatable bonds is 2. The van der Waals surface area contributed by atoms with Crippen LogP contribution in [0.2, 0.25) is 0 Å². The molecule has 0 unspecified atom stereocenters. The Morgan fingerprint density at radius 1 is 1.18 bits per heavy atom. The molecule has 0 heterocycles. The second-order valence-electron chi connectivity index (χ2n) is 3.54. The van der Waals surface area contributed by atoms with Gasteiger partial charge < -0.3 is 9.84 Å². The smallest absolute Gasteiger partial charge is 0.126 e. The van der Waals surface area contributed by atoms with Crippen LogP contribution in [0.15, 0.2) is 40.9 Å². The van der Waals surface area contributed by atoms with Crippen molar-refractivity contribution >= 4 is 15.9 Å². The number of ether oxygens (including phenoxy) is 1. The van der Waals surface area contributed by atoms with Crippen LogP contribution in [0, 0.1) is 5.82 Å². The Hall–Kier alpha value is -1.55. The number of hydrogen-bond donors (Lipinski definition) is 1. The van der Waals surface area contributed by atoms with Crippen molar-refractivity contribution in [1.82, 2.24) is 0 Å². The van der Waals surface area contributed by atoms with E-state index in [0.29, 0.717) is 16.9 Å². The highest BCUT2D eigenvalue weighted by Crippen LogP contribution is 2.34. The highest BCUT2D eigenvalue weighted by Gasteiger charge is 2.09. The molecule has 0 fully saturated rings. The van der Waals surface area contributed by atoms with E-state index in [9.17, 15) is 9.50 Å². The minimum absolute atomic E-state index is 0.112. The summed E-state index contributed by atoms with van der Waals surface area (Å²) in [6.45, 7) is 0. The molecular weight excluding hydrogens is 287 g/mol. The molecule has 4 heteroatoms. The Bertz CT molecular complexity index is 535. The third-order valence-corrected chi connectivity index (χ3v) is 2.81. The second-order valence-corrected chi connectivity index (χ2v) is 4.46. The van der Waals surface area contributed by atoms with E-state index in [-0.39, 0.29) is 11.6 Å². The van der Waals surface area contributed by atoms with Crippen LogP contribution in [-0.2, 0) is 0 Å². The number of phenolic OH excluding ortho intramolecular Hbond substituents is 1. The summed E-state index contributed by atoms with van der Waals surface area (Å²) in [6.07, 6.45) is 0. The maximum absolute atomic E-state index is 13.2. The predicted molar refractivity (Wildman–Crippen MR) is 67.8 cm³/mol. The first-order valence-corrected chi connectivity index (χ1v) is 5.73. The Morgan fingerprint density at radius 3 is 2.59 bits per heavy atom. The first-order valence-electron chi connectivity index (χ1n) is 4.93. The van der Waals surface area contributed by atoms with E-state index in [1.807, 2.05) is 0 Å². The fraction of sp³-hybridized carbons (Fsp3) is 0.0769. The third kappa shape index (κ3) is 2.58. The molecule has 2 aromatic rings. The lowest BCUT2D eigenvalue weighted by Crippen LogP contribution is -1.89. The summed E-state index contributed by atoms with van der Waals surface area (Å²) in [5, 5.41) is 9.52. The zero-order valence-electron chi connectivity index (χ0n) is 9.08. The van der Waals surface area contributed by atoms with Crippen molar-refractivity contribution in [3.05, 3.63) is 46.7 Å². The average Bonchev–Trinajstić information content (AvgIpc) is 2.27. The largest absolute Gasteiger partial charge is 0.508 e. The molecule has 17 heavy (non-hydrogen) atoms. The van der Waals surface area contributed by atoms with Gasteiger partial charge in [-0.2, -0.15) is 0 Å². The molecule has 2 aromatic carbocycles. The van der Waals surface area contributed by atoms with Gasteiger partial charge in [-0.05, 0) is 42.0 Å². The summed E-state index contributed by atoms with van der Waals surface area (Å²) < 4.78 is 19.1. The number of methoxy groups -OCH3 is 1. The molecule has 2 nitrogen and oxygen atoms in total. The quantitative estimate of drug-likeness (QED) is 0.909. The molecule has 0 atom stereocenters. The molecule has 2 rings (SSSR count). The number of hydrogen-bond acceptors (Lipinski definition) is 2. The number of phenols is 1. The van der Waals surface area contributed by atoms with Crippen molar-refractivity contribution in [2.75, 3.05) is 7.11 Å². The highest BCUT2D eigenvalue weighted by atomic mass is 79.9. The first-order chi connectivity index (χ1) is 8.10. The lowest BCUT2D eigenvalue weighted by atomic mass is 10.0. The van der Waals surface area contributed by atoms with Gasteiger partial charge >= 0.3 is 0 Å². The summed E-state index contributed by atoms with van der Waals surface area (Å²) in [7, 11) is 1.52. The first kappa shape index (κ1) is 11.9. The molecule has 0 aliphatic rings. The topological polar surface area (TPSA) is 29.5 Å². The van der Waals surface area contributed by atoms with Gasteiger partial charge in [0.15, 0.2) is 0 Å². The van der Waals surface area contributed by atoms with Crippen LogP contribution in [0.1, 0.15) is 0 Å². The number of halogens is 2. The van der Waals surface area contributed by atoms with Gasteiger partial charge in [-0.3, -0.25) is 0 Å². The van der Waals surface area contributed by atoms with Crippen LogP contribution < -0.4 is 4.74 Å². The van der Waals surface area contributed by atoms with Crippen LogP contribution in [0.5, 0.6) is 11.5 Å². The van der Waals surface area contributed by atoms with Crippen molar-refractivity contribution in [2.45, 2.75) is 0 Å². The zero-order chi connectivity index (χ0) is 12.4. The van der Waals surface area contributed by atoms with Gasteiger partial charge in [-0.15, -0.1) is 0 Å². The fourth-order valence-electron chi connectivity index (χ4n) is 1.64. The van der Waals surface area contributed by atoms with Crippen molar-refractivity contribution in [3.8, 4) is 22.6 Å². The molecular formula is C13H10BrFO2. The van der Waals surface area contributed by atoms with E-state index < -0.39 is 0 Å². The Balaban J connectivity index is 2.62. The zero-order valence-corrected chi connectivity index (χ0v) is 10.7. The van der Waals surface area contributed by atoms with E-state index in [4.69, 9.17) is 4.74 Å². The van der Waals surface area contributed by atoms with Crippen LogP contribution in [-0.4, -0.2) is 12.2 Å². The van der Waals surface area contributed by atoms with Crippen LogP contribution in [0.25, 0.3) is 11.1 Å². The van der Waals surface area contributed by atoms with E-state index in [2.05, 4.69) is 15.9 Å². The van der Waals surface area contributed by atoms with Crippen molar-refractivity contribution in [2.24, 2.45) is 0 Å². The van der Waals surface area contributed by atoms with E-state index in [1.165, 1.54) is 19.2 Å². The summed E-state index contributed by atoms with van der Waals surface area (Å²) >= 11 is 3.28. The van der Waals surface area contributed by atoms with Crippen LogP contribution >= 0.6 is 15.9 Å². The molecule has 0 amide bonds. The Labute approximate surface area is 107 Å². The highest BCUT2D eigenvalue weighted by molar-refractivity contribution is 9.10. The standard InChI is InChI=1S/C13H10BrFO2/c1-17-13-3-2-10(15)7-12(13)8-4-9(14)6-11(16)5-8/h2-7,16H,1H3. The molecule has 0 bridgehead atoms. The number of benzene rings is 2. The van der Waals surface area contributed by atoms with Gasteiger partial charge in [-0.25, -0.2) is 4.39 Å². The fourth-order valence-corrected chi connectivity index (χ4v) is 2.12. The third-order valence-electron chi connectivity index (χ3n) is 2.36. The van der Waals surface area contributed by atoms with Crippen molar-refractivity contribution in [3.63, 3.8) is 0 Å². The lowest BCUT2D eigenvalue weighted by molar-refractivity contribution is 0.415. The molecule has 0 saturated carbocycles. The van der Waals surface area contributed by atoms with Gasteiger partial charge in [-0.1, -0.05) is 15.9 Å². The molecule has 0 spiro atoms. The summed E-state index contributed by atoms with van der Waals surface area (Å²) in [6, 6.07) is 9.18. The average molecular weight is 297 g/mol. The molecule has 88 valence electrons. The van der Waals surface area contributed by atoms with Gasteiger partial charge in [0.25, 0.3) is 0 Å². The Morgan fingerprint density at radius 2 is 1.94 bits per heavy atom.